The second-order valence-corrected chi connectivity index (χ2v) is 14.9. The van der Waals surface area contributed by atoms with Crippen molar-refractivity contribution in [2.45, 2.75) is 6.10 Å². The van der Waals surface area contributed by atoms with Gasteiger partial charge >= 0.3 is 0 Å². The molecule has 0 aliphatic heterocycles. The minimum Gasteiger partial charge on any atom is -0.382 e. The normalized spacial score (nSPS) is 11.0. The lowest BCUT2D eigenvalue weighted by Crippen LogP contribution is -2.06. The standard InChI is InChI=1S/C11H7Cl3N2O.C11H5Cl3N2O.C11H6Cl2N4.C4H2Cl2N2/c2*12-7-4-2-1-3-6(7)10(17)9-11(14)16-8(13)5-15-9;12-7-4-2-1-3-6(7)9-10-11(17-16-9)15-8(13)5-14-10;5-3-1-7-2-4(6)8-3/h1-5,10,17H;1-5H;1-5H,(H,15,16,17);1-2H. The van der Waals surface area contributed by atoms with Crippen molar-refractivity contribution < 1.29 is 9.90 Å². The fraction of sp³-hybridized carbons (Fsp3) is 0.0270. The first kappa shape index (κ1) is 46.1. The predicted octanol–water partition coefficient (Wildman–Crippen LogP) is 12.3. The second kappa shape index (κ2) is 22.0. The first-order valence-corrected chi connectivity index (χ1v) is 19.8. The minimum absolute atomic E-state index is 0.0316. The Morgan fingerprint density at radius 2 is 1.10 bits per heavy atom. The molecular weight excluding hydrogens is 971 g/mol. The summed E-state index contributed by atoms with van der Waals surface area (Å²) in [5.74, 6) is -0.384. The molecule has 8 aromatic rings. The van der Waals surface area contributed by atoms with Crippen LogP contribution in [0, 0.1) is 0 Å². The molecule has 5 aromatic heterocycles. The Hall–Kier alpha value is -4.02. The molecular formula is C37H20Cl10N10O2. The van der Waals surface area contributed by atoms with Gasteiger partial charge in [0.25, 0.3) is 0 Å². The van der Waals surface area contributed by atoms with Gasteiger partial charge in [0.1, 0.15) is 48.8 Å². The lowest BCUT2D eigenvalue weighted by molar-refractivity contribution is 0.103. The Morgan fingerprint density at radius 1 is 0.559 bits per heavy atom. The van der Waals surface area contributed by atoms with Crippen LogP contribution in [0.25, 0.3) is 22.4 Å². The first-order valence-electron chi connectivity index (χ1n) is 16.1. The molecule has 0 aliphatic rings. The monoisotopic (exact) mass is 986 g/mol. The zero-order chi connectivity index (χ0) is 42.6. The number of aromatic amines is 1. The van der Waals surface area contributed by atoms with Gasteiger partial charge in [0.05, 0.1) is 46.7 Å². The van der Waals surface area contributed by atoms with Crippen molar-refractivity contribution in [3.05, 3.63) is 177 Å². The van der Waals surface area contributed by atoms with E-state index in [1.165, 1.54) is 31.0 Å². The van der Waals surface area contributed by atoms with E-state index >= 15 is 0 Å². The smallest absolute Gasteiger partial charge is 0.216 e. The van der Waals surface area contributed by atoms with Crippen LogP contribution in [-0.4, -0.2) is 61.0 Å². The number of aliphatic hydroxyl groups excluding tert-OH is 1. The van der Waals surface area contributed by atoms with E-state index < -0.39 is 6.10 Å². The second-order valence-electron chi connectivity index (χ2n) is 11.0. The molecule has 1 atom stereocenters. The number of halogens is 10. The van der Waals surface area contributed by atoms with Gasteiger partial charge < -0.3 is 5.11 Å². The Labute approximate surface area is 384 Å². The highest BCUT2D eigenvalue weighted by Crippen LogP contribution is 2.31. The van der Waals surface area contributed by atoms with E-state index in [0.717, 1.165) is 11.3 Å². The van der Waals surface area contributed by atoms with Crippen LogP contribution in [0.5, 0.6) is 0 Å². The van der Waals surface area contributed by atoms with Crippen molar-refractivity contribution in [3.63, 3.8) is 0 Å². The Bertz CT molecular complexity index is 2710. The maximum absolute atomic E-state index is 12.1. The molecule has 300 valence electrons. The molecule has 0 bridgehead atoms. The van der Waals surface area contributed by atoms with Crippen molar-refractivity contribution >= 4 is 133 Å². The summed E-state index contributed by atoms with van der Waals surface area (Å²) < 4.78 is 0. The Balaban J connectivity index is 0.000000154. The van der Waals surface area contributed by atoms with Gasteiger partial charge in [0.2, 0.25) is 11.4 Å². The number of fused-ring (bicyclic) bond motifs is 1. The van der Waals surface area contributed by atoms with E-state index in [4.69, 9.17) is 116 Å². The largest absolute Gasteiger partial charge is 0.382 e. The molecule has 1 unspecified atom stereocenters. The van der Waals surface area contributed by atoms with Gasteiger partial charge in [-0.2, -0.15) is 5.10 Å². The van der Waals surface area contributed by atoms with Gasteiger partial charge in [-0.3, -0.25) is 19.9 Å². The van der Waals surface area contributed by atoms with Crippen LogP contribution in [0.15, 0.2) is 104 Å². The fourth-order valence-corrected chi connectivity index (χ4v) is 6.58. The molecule has 0 radical (unpaired) electrons. The number of hydrogen-bond donors (Lipinski definition) is 2. The van der Waals surface area contributed by atoms with E-state index in [1.807, 2.05) is 24.3 Å². The number of hydrogen-bond acceptors (Lipinski definition) is 11. The summed E-state index contributed by atoms with van der Waals surface area (Å²) in [5, 5.41) is 19.7. The average molecular weight is 991 g/mol. The van der Waals surface area contributed by atoms with Crippen molar-refractivity contribution in [2.24, 2.45) is 0 Å². The molecule has 0 spiro atoms. The summed E-state index contributed by atoms with van der Waals surface area (Å²) in [6.45, 7) is 0. The molecule has 8 rings (SSSR count). The predicted molar refractivity (Wildman–Crippen MR) is 234 cm³/mol. The number of nitrogens with one attached hydrogen (secondary N) is 1. The summed E-state index contributed by atoms with van der Waals surface area (Å²) in [6, 6.07) is 21.0. The summed E-state index contributed by atoms with van der Waals surface area (Å²) in [5.41, 5.74) is 3.83. The summed E-state index contributed by atoms with van der Waals surface area (Å²) in [7, 11) is 0. The highest BCUT2D eigenvalue weighted by atomic mass is 35.5. The molecule has 0 saturated heterocycles. The van der Waals surface area contributed by atoms with Crippen molar-refractivity contribution in [3.8, 4) is 11.3 Å². The molecule has 59 heavy (non-hydrogen) atoms. The molecule has 0 fully saturated rings. The lowest BCUT2D eigenvalue weighted by Gasteiger charge is -2.12. The van der Waals surface area contributed by atoms with E-state index in [1.54, 1.807) is 48.5 Å². The topological polar surface area (TPSA) is 169 Å². The van der Waals surface area contributed by atoms with Gasteiger partial charge in [0, 0.05) is 21.7 Å². The maximum atomic E-state index is 12.1. The van der Waals surface area contributed by atoms with Crippen LogP contribution in [-0.2, 0) is 0 Å². The van der Waals surface area contributed by atoms with Gasteiger partial charge in [-0.15, -0.1) is 0 Å². The first-order chi connectivity index (χ1) is 28.2. The van der Waals surface area contributed by atoms with Crippen LogP contribution < -0.4 is 0 Å². The van der Waals surface area contributed by atoms with Gasteiger partial charge in [-0.1, -0.05) is 165 Å². The third kappa shape index (κ3) is 12.7. The summed E-state index contributed by atoms with van der Waals surface area (Å²) in [6.07, 6.45) is 5.89. The van der Waals surface area contributed by atoms with Crippen LogP contribution in [0.2, 0.25) is 51.1 Å². The zero-order valence-electron chi connectivity index (χ0n) is 29.1. The molecule has 0 amide bonds. The summed E-state index contributed by atoms with van der Waals surface area (Å²) in [4.78, 5) is 43.1. The molecule has 22 heteroatoms. The molecule has 0 aliphatic carbocycles. The average Bonchev–Trinajstić information content (AvgIpc) is 3.61. The van der Waals surface area contributed by atoms with E-state index in [-0.39, 0.29) is 37.8 Å². The van der Waals surface area contributed by atoms with E-state index in [2.05, 4.69) is 50.1 Å². The SMILES string of the molecule is Clc1cnc2c(-c3ccccc3Cl)[nH]nc2n1.Clc1cncc(Cl)n1.O=C(c1ccccc1Cl)c1ncc(Cl)nc1Cl.OC(c1ccccc1Cl)c1ncc(Cl)nc1Cl. The number of aromatic nitrogens is 10. The zero-order valence-corrected chi connectivity index (χ0v) is 36.6. The number of rotatable bonds is 5. The number of aliphatic hydroxyl groups is 1. The highest BCUT2D eigenvalue weighted by molar-refractivity contribution is 6.38. The number of nitrogens with zero attached hydrogens (tertiary/aromatic N) is 9. The van der Waals surface area contributed by atoms with Gasteiger partial charge in [0.15, 0.2) is 10.3 Å². The third-order valence-electron chi connectivity index (χ3n) is 7.17. The number of carbonyl (C=O) groups is 1. The quantitative estimate of drug-likeness (QED) is 0.157. The summed E-state index contributed by atoms with van der Waals surface area (Å²) >= 11 is 57.4. The molecule has 5 heterocycles. The number of benzene rings is 3. The number of H-pyrrole nitrogens is 1. The van der Waals surface area contributed by atoms with Crippen LogP contribution >= 0.6 is 116 Å². The van der Waals surface area contributed by atoms with Crippen LogP contribution in [0.4, 0.5) is 0 Å². The van der Waals surface area contributed by atoms with E-state index in [9.17, 15) is 9.90 Å². The van der Waals surface area contributed by atoms with Crippen molar-refractivity contribution in [1.29, 1.82) is 0 Å². The molecule has 0 saturated carbocycles. The van der Waals surface area contributed by atoms with E-state index in [0.29, 0.717) is 52.8 Å². The number of ketones is 1. The maximum Gasteiger partial charge on any atom is 0.216 e. The minimum atomic E-state index is -1.03. The van der Waals surface area contributed by atoms with Crippen molar-refractivity contribution in [2.75, 3.05) is 0 Å². The van der Waals surface area contributed by atoms with Crippen LogP contribution in [0.3, 0.4) is 0 Å². The Morgan fingerprint density at radius 3 is 1.69 bits per heavy atom. The number of carbonyl (C=O) groups excluding carboxylic acids is 1. The molecule has 3 aromatic carbocycles. The molecule has 2 N–H and O–H groups in total. The lowest BCUT2D eigenvalue weighted by atomic mass is 10.1. The van der Waals surface area contributed by atoms with Gasteiger partial charge in [-0.25, -0.2) is 29.9 Å². The third-order valence-corrected chi connectivity index (χ3v) is 9.63. The van der Waals surface area contributed by atoms with Crippen LogP contribution in [0.1, 0.15) is 33.4 Å². The fourth-order valence-electron chi connectivity index (χ4n) is 4.60. The van der Waals surface area contributed by atoms with Crippen molar-refractivity contribution in [1.82, 2.24) is 50.1 Å². The molecule has 12 nitrogen and oxygen atoms in total. The Kier molecular flexibility index (Phi) is 17.2. The van der Waals surface area contributed by atoms with Gasteiger partial charge in [-0.05, 0) is 24.3 Å². The highest BCUT2D eigenvalue weighted by Gasteiger charge is 2.20.